The van der Waals surface area contributed by atoms with E-state index in [2.05, 4.69) is 10.5 Å². The van der Waals surface area contributed by atoms with E-state index in [9.17, 15) is 4.79 Å². The summed E-state index contributed by atoms with van der Waals surface area (Å²) >= 11 is 0. The number of amides is 1. The van der Waals surface area contributed by atoms with Crippen LogP contribution in [0.15, 0.2) is 5.16 Å². The highest BCUT2D eigenvalue weighted by atomic mass is 16.5. The minimum atomic E-state index is -0.902. The van der Waals surface area contributed by atoms with Crippen LogP contribution >= 0.6 is 0 Å². The van der Waals surface area contributed by atoms with Crippen molar-refractivity contribution in [1.29, 1.82) is 0 Å². The van der Waals surface area contributed by atoms with Gasteiger partial charge in [-0.15, -0.1) is 0 Å². The van der Waals surface area contributed by atoms with E-state index in [0.717, 1.165) is 26.1 Å². The van der Waals surface area contributed by atoms with Gasteiger partial charge in [-0.3, -0.25) is 4.79 Å². The molecule has 4 N–H and O–H groups in total. The number of nitrogens with zero attached hydrogens (tertiary/aromatic N) is 1. The van der Waals surface area contributed by atoms with Gasteiger partial charge in [-0.25, -0.2) is 0 Å². The lowest BCUT2D eigenvalue weighted by molar-refractivity contribution is -0.128. The third-order valence-electron chi connectivity index (χ3n) is 4.10. The molecule has 0 aromatic rings. The van der Waals surface area contributed by atoms with Crippen LogP contribution in [-0.2, 0) is 9.53 Å². The van der Waals surface area contributed by atoms with Gasteiger partial charge in [0.15, 0.2) is 5.84 Å². The lowest BCUT2D eigenvalue weighted by atomic mass is 9.80. The highest BCUT2D eigenvalue weighted by Gasteiger charge is 2.39. The van der Waals surface area contributed by atoms with Gasteiger partial charge in [0.2, 0.25) is 5.91 Å². The number of hydrogen-bond acceptors (Lipinski definition) is 4. The summed E-state index contributed by atoms with van der Waals surface area (Å²) in [4.78, 5) is 12.3. The van der Waals surface area contributed by atoms with E-state index < -0.39 is 5.41 Å². The van der Waals surface area contributed by atoms with Gasteiger partial charge in [0.25, 0.3) is 0 Å². The molecule has 0 aromatic carbocycles. The first kappa shape index (κ1) is 15.8. The molecule has 0 radical (unpaired) electrons. The van der Waals surface area contributed by atoms with Crippen molar-refractivity contribution >= 4 is 11.7 Å². The second kappa shape index (κ2) is 7.33. The fourth-order valence-corrected chi connectivity index (χ4v) is 2.52. The average molecular weight is 271 g/mol. The van der Waals surface area contributed by atoms with Crippen molar-refractivity contribution in [2.24, 2.45) is 22.2 Å². The normalized spacial score (nSPS) is 20.5. The van der Waals surface area contributed by atoms with Crippen molar-refractivity contribution in [2.45, 2.75) is 39.5 Å². The summed E-state index contributed by atoms with van der Waals surface area (Å²) in [6.45, 7) is 5.94. The van der Waals surface area contributed by atoms with Gasteiger partial charge in [0, 0.05) is 19.8 Å². The Bertz CT molecular complexity index is 321. The second-order valence-corrected chi connectivity index (χ2v) is 5.05. The number of nitrogens with one attached hydrogen (secondary N) is 1. The molecule has 6 heteroatoms. The van der Waals surface area contributed by atoms with Crippen molar-refractivity contribution < 1.29 is 14.7 Å². The maximum atomic E-state index is 12.3. The second-order valence-electron chi connectivity index (χ2n) is 5.05. The highest BCUT2D eigenvalue weighted by molar-refractivity contribution is 6.06. The molecule has 1 atom stereocenters. The van der Waals surface area contributed by atoms with Crippen molar-refractivity contribution in [1.82, 2.24) is 5.32 Å². The molecule has 1 aliphatic rings. The molecule has 1 saturated heterocycles. The number of rotatable bonds is 7. The number of nitrogens with two attached hydrogens (primary N) is 1. The number of oxime groups is 1. The van der Waals surface area contributed by atoms with Gasteiger partial charge in [-0.05, 0) is 31.6 Å². The Morgan fingerprint density at radius 3 is 2.68 bits per heavy atom. The van der Waals surface area contributed by atoms with Crippen LogP contribution in [0.1, 0.15) is 39.5 Å². The minimum Gasteiger partial charge on any atom is -0.409 e. The monoisotopic (exact) mass is 271 g/mol. The van der Waals surface area contributed by atoms with Gasteiger partial charge in [0.05, 0.1) is 0 Å². The number of carbonyl (C=O) groups is 1. The predicted molar refractivity (Wildman–Crippen MR) is 73.0 cm³/mol. The summed E-state index contributed by atoms with van der Waals surface area (Å²) in [5.74, 6) is 0.354. The smallest absolute Gasteiger partial charge is 0.233 e. The molecular weight excluding hydrogens is 246 g/mol. The molecule has 1 heterocycles. The molecule has 6 nitrogen and oxygen atoms in total. The van der Waals surface area contributed by atoms with Crippen LogP contribution in [0.25, 0.3) is 0 Å². The first-order valence-electron chi connectivity index (χ1n) is 6.94. The molecule has 1 aliphatic heterocycles. The quantitative estimate of drug-likeness (QED) is 0.279. The molecule has 0 bridgehead atoms. The first-order chi connectivity index (χ1) is 9.10. The molecule has 1 rings (SSSR count). The van der Waals surface area contributed by atoms with Crippen LogP contribution in [0.2, 0.25) is 0 Å². The van der Waals surface area contributed by atoms with Gasteiger partial charge < -0.3 is 21.0 Å². The minimum absolute atomic E-state index is 0.0146. The van der Waals surface area contributed by atoms with E-state index >= 15 is 0 Å². The number of amidine groups is 1. The molecule has 0 spiro atoms. The largest absolute Gasteiger partial charge is 0.409 e. The Morgan fingerprint density at radius 2 is 2.21 bits per heavy atom. The third-order valence-corrected chi connectivity index (χ3v) is 4.10. The van der Waals surface area contributed by atoms with E-state index in [1.807, 2.05) is 13.8 Å². The van der Waals surface area contributed by atoms with Gasteiger partial charge in [0.1, 0.15) is 5.41 Å². The lowest BCUT2D eigenvalue weighted by Gasteiger charge is -2.28. The fraction of sp³-hybridized carbons (Fsp3) is 0.846. The van der Waals surface area contributed by atoms with Crippen molar-refractivity contribution in [3.8, 4) is 0 Å². The summed E-state index contributed by atoms with van der Waals surface area (Å²) in [7, 11) is 0. The van der Waals surface area contributed by atoms with Crippen LogP contribution in [0.4, 0.5) is 0 Å². The molecule has 0 aliphatic carbocycles. The Hall–Kier alpha value is -1.30. The van der Waals surface area contributed by atoms with E-state index in [-0.39, 0.29) is 11.7 Å². The molecular formula is C13H25N3O3. The summed E-state index contributed by atoms with van der Waals surface area (Å²) in [5.41, 5.74) is 4.79. The summed E-state index contributed by atoms with van der Waals surface area (Å²) < 4.78 is 5.29. The number of carbonyl (C=O) groups excluding carboxylic acids is 1. The van der Waals surface area contributed by atoms with Crippen molar-refractivity contribution in [3.05, 3.63) is 0 Å². The molecule has 1 unspecified atom stereocenters. The molecule has 0 aromatic heterocycles. The molecule has 1 amide bonds. The van der Waals surface area contributed by atoms with E-state index in [1.54, 1.807) is 0 Å². The van der Waals surface area contributed by atoms with E-state index in [0.29, 0.717) is 25.3 Å². The third kappa shape index (κ3) is 3.59. The standard InChI is InChI=1S/C13H25N3O3/c1-3-13(4-2,11(14)16-18)12(17)15-7-5-10-6-8-19-9-10/h10,18H,3-9H2,1-2H3,(H2,14,16)(H,15,17). The van der Waals surface area contributed by atoms with Crippen LogP contribution in [0, 0.1) is 11.3 Å². The SMILES string of the molecule is CCC(CC)(C(=O)NCCC1CCOC1)C(N)=NO. The van der Waals surface area contributed by atoms with Gasteiger partial charge in [-0.1, -0.05) is 19.0 Å². The van der Waals surface area contributed by atoms with Crippen molar-refractivity contribution in [2.75, 3.05) is 19.8 Å². The van der Waals surface area contributed by atoms with Gasteiger partial charge >= 0.3 is 0 Å². The van der Waals surface area contributed by atoms with Crippen LogP contribution in [0.3, 0.4) is 0 Å². The molecule has 110 valence electrons. The Kier molecular flexibility index (Phi) is 6.08. The van der Waals surface area contributed by atoms with Gasteiger partial charge in [-0.2, -0.15) is 0 Å². The predicted octanol–water partition coefficient (Wildman–Crippen LogP) is 1.08. The van der Waals surface area contributed by atoms with Crippen LogP contribution in [-0.4, -0.2) is 36.7 Å². The molecule has 0 saturated carbocycles. The summed E-state index contributed by atoms with van der Waals surface area (Å²) in [5, 5.41) is 14.8. The maximum Gasteiger partial charge on any atom is 0.233 e. The Morgan fingerprint density at radius 1 is 1.53 bits per heavy atom. The van der Waals surface area contributed by atoms with E-state index in [4.69, 9.17) is 15.7 Å². The molecule has 19 heavy (non-hydrogen) atoms. The Balaban J connectivity index is 2.52. The zero-order valence-corrected chi connectivity index (χ0v) is 11.8. The maximum absolute atomic E-state index is 12.3. The lowest BCUT2D eigenvalue weighted by Crippen LogP contribution is -2.49. The average Bonchev–Trinajstić information content (AvgIpc) is 2.93. The van der Waals surface area contributed by atoms with Crippen LogP contribution < -0.4 is 11.1 Å². The number of ether oxygens (including phenoxy) is 1. The summed E-state index contributed by atoms with van der Waals surface area (Å²) in [6, 6.07) is 0. The van der Waals surface area contributed by atoms with Crippen LogP contribution in [0.5, 0.6) is 0 Å². The van der Waals surface area contributed by atoms with Crippen molar-refractivity contribution in [3.63, 3.8) is 0 Å². The zero-order valence-electron chi connectivity index (χ0n) is 11.8. The number of hydrogen-bond donors (Lipinski definition) is 3. The topological polar surface area (TPSA) is 96.9 Å². The fourth-order valence-electron chi connectivity index (χ4n) is 2.52. The molecule has 1 fully saturated rings. The Labute approximate surface area is 114 Å². The van der Waals surface area contributed by atoms with E-state index in [1.165, 1.54) is 0 Å². The highest BCUT2D eigenvalue weighted by Crippen LogP contribution is 2.27. The zero-order chi connectivity index (χ0) is 14.3. The summed E-state index contributed by atoms with van der Waals surface area (Å²) in [6.07, 6.45) is 2.99. The first-order valence-corrected chi connectivity index (χ1v) is 6.94.